The third kappa shape index (κ3) is 2.82. The summed E-state index contributed by atoms with van der Waals surface area (Å²) in [5.74, 6) is -0.604. The molecule has 2 heterocycles. The van der Waals surface area contributed by atoms with Crippen LogP contribution in [0.3, 0.4) is 0 Å². The minimum absolute atomic E-state index is 0.0714. The molecule has 3 rings (SSSR count). The molecule has 1 N–H and O–H groups in total. The number of aromatic nitrogens is 3. The van der Waals surface area contributed by atoms with Crippen LogP contribution in [-0.2, 0) is 21.7 Å². The van der Waals surface area contributed by atoms with Crippen LogP contribution in [0.25, 0.3) is 0 Å². The van der Waals surface area contributed by atoms with Crippen LogP contribution >= 0.6 is 0 Å². The van der Waals surface area contributed by atoms with Gasteiger partial charge in [0.15, 0.2) is 0 Å². The molecule has 24 heavy (non-hydrogen) atoms. The highest BCUT2D eigenvalue weighted by Gasteiger charge is 2.27. The summed E-state index contributed by atoms with van der Waals surface area (Å²) in [6, 6.07) is 7.07. The molecule has 8 nitrogen and oxygen atoms in total. The number of anilines is 2. The third-order valence-corrected chi connectivity index (χ3v) is 3.75. The minimum atomic E-state index is -0.469. The van der Waals surface area contributed by atoms with Crippen LogP contribution in [0.5, 0.6) is 0 Å². The van der Waals surface area contributed by atoms with Crippen LogP contribution in [0, 0.1) is 0 Å². The molecule has 2 amide bonds. The molecule has 8 heteroatoms. The number of hydrogen-bond acceptors (Lipinski definition) is 4. The Morgan fingerprint density at radius 3 is 2.62 bits per heavy atom. The number of amides is 2. The minimum Gasteiger partial charge on any atom is -0.323 e. The molecule has 2 aromatic rings. The van der Waals surface area contributed by atoms with Crippen molar-refractivity contribution in [1.29, 1.82) is 0 Å². The molecule has 1 aliphatic heterocycles. The second-order valence-corrected chi connectivity index (χ2v) is 6.67. The highest BCUT2D eigenvalue weighted by molar-refractivity contribution is 6.09. The van der Waals surface area contributed by atoms with Gasteiger partial charge in [0, 0.05) is 0 Å². The van der Waals surface area contributed by atoms with E-state index in [9.17, 15) is 14.4 Å². The van der Waals surface area contributed by atoms with Gasteiger partial charge in [-0.2, -0.15) is 5.10 Å². The first-order chi connectivity index (χ1) is 11.3. The lowest BCUT2D eigenvalue weighted by Gasteiger charge is -2.29. The fraction of sp³-hybridized carbons (Fsp3) is 0.375. The number of rotatable bonds is 2. The number of nitrogens with zero attached hydrogens (tertiary/aromatic N) is 4. The molecule has 0 bridgehead atoms. The van der Waals surface area contributed by atoms with Gasteiger partial charge in [-0.05, 0) is 32.9 Å². The van der Waals surface area contributed by atoms with Gasteiger partial charge in [0.05, 0.1) is 16.9 Å². The van der Waals surface area contributed by atoms with Crippen LogP contribution in [0.1, 0.15) is 20.8 Å². The first kappa shape index (κ1) is 16.0. The Balaban J connectivity index is 1.88. The second-order valence-electron chi connectivity index (χ2n) is 6.67. The maximum atomic E-state index is 12.6. The predicted molar refractivity (Wildman–Crippen MR) is 88.9 cm³/mol. The van der Waals surface area contributed by atoms with Crippen molar-refractivity contribution in [3.05, 3.63) is 41.1 Å². The number of nitrogens with one attached hydrogen (secondary N) is 1. The topological polar surface area (TPSA) is 89.2 Å². The van der Waals surface area contributed by atoms with Crippen molar-refractivity contribution in [3.8, 4) is 0 Å². The Kier molecular flexibility index (Phi) is 3.75. The van der Waals surface area contributed by atoms with Crippen molar-refractivity contribution in [1.82, 2.24) is 14.3 Å². The molecule has 126 valence electrons. The zero-order valence-corrected chi connectivity index (χ0v) is 13.8. The van der Waals surface area contributed by atoms with E-state index in [-0.39, 0.29) is 30.6 Å². The zero-order valence-electron chi connectivity index (χ0n) is 13.8. The van der Waals surface area contributed by atoms with E-state index in [1.807, 2.05) is 20.8 Å². The van der Waals surface area contributed by atoms with Gasteiger partial charge in [0.2, 0.25) is 11.8 Å². The van der Waals surface area contributed by atoms with Gasteiger partial charge in [0.25, 0.3) is 0 Å². The largest absolute Gasteiger partial charge is 0.346 e. The van der Waals surface area contributed by atoms with Crippen molar-refractivity contribution in [3.63, 3.8) is 0 Å². The number of benzene rings is 1. The fourth-order valence-corrected chi connectivity index (χ4v) is 2.59. The van der Waals surface area contributed by atoms with Crippen molar-refractivity contribution in [2.45, 2.75) is 32.9 Å². The van der Waals surface area contributed by atoms with E-state index >= 15 is 0 Å². The van der Waals surface area contributed by atoms with Crippen molar-refractivity contribution >= 4 is 23.2 Å². The zero-order chi connectivity index (χ0) is 17.5. The summed E-state index contributed by atoms with van der Waals surface area (Å²) in [7, 11) is 0. The molecule has 0 aliphatic carbocycles. The molecule has 0 radical (unpaired) electrons. The maximum absolute atomic E-state index is 12.6. The van der Waals surface area contributed by atoms with E-state index in [0.29, 0.717) is 11.4 Å². The van der Waals surface area contributed by atoms with E-state index in [4.69, 9.17) is 0 Å². The van der Waals surface area contributed by atoms with Gasteiger partial charge in [-0.1, -0.05) is 12.1 Å². The average molecular weight is 329 g/mol. The normalized spacial score (nSPS) is 14.3. The summed E-state index contributed by atoms with van der Waals surface area (Å²) >= 11 is 0. The van der Waals surface area contributed by atoms with E-state index in [0.717, 1.165) is 0 Å². The molecule has 1 aromatic carbocycles. The monoisotopic (exact) mass is 329 g/mol. The first-order valence-electron chi connectivity index (χ1n) is 7.61. The summed E-state index contributed by atoms with van der Waals surface area (Å²) in [6.45, 7) is 5.34. The third-order valence-electron chi connectivity index (χ3n) is 3.75. The van der Waals surface area contributed by atoms with Gasteiger partial charge >= 0.3 is 5.69 Å². The average Bonchev–Trinajstić information content (AvgIpc) is 2.87. The molecule has 0 saturated carbocycles. The Hall–Kier alpha value is -2.90. The Morgan fingerprint density at radius 1 is 1.25 bits per heavy atom. The molecule has 1 aliphatic rings. The number of carbonyl (C=O) groups excluding carboxylic acids is 2. The number of carbonyl (C=O) groups is 2. The highest BCUT2D eigenvalue weighted by atomic mass is 16.2. The van der Waals surface area contributed by atoms with Crippen molar-refractivity contribution in [2.75, 3.05) is 16.8 Å². The van der Waals surface area contributed by atoms with Crippen LogP contribution in [-0.4, -0.2) is 32.7 Å². The Morgan fingerprint density at radius 2 is 1.96 bits per heavy atom. The molecule has 0 fully saturated rings. The van der Waals surface area contributed by atoms with E-state index < -0.39 is 5.54 Å². The van der Waals surface area contributed by atoms with Gasteiger partial charge < -0.3 is 5.32 Å². The smallest absolute Gasteiger partial charge is 0.323 e. The molecular formula is C16H19N5O3. The molecular weight excluding hydrogens is 310 g/mol. The van der Waals surface area contributed by atoms with Gasteiger partial charge in [-0.25, -0.2) is 9.48 Å². The van der Waals surface area contributed by atoms with Crippen LogP contribution in [0.2, 0.25) is 0 Å². The molecule has 0 unspecified atom stereocenters. The van der Waals surface area contributed by atoms with Crippen LogP contribution in [0.4, 0.5) is 11.4 Å². The SMILES string of the molecule is CC(C)(C)n1ncn(CC(=O)N2CC(=O)Nc3ccccc32)c1=O. The van der Waals surface area contributed by atoms with Gasteiger partial charge in [-0.15, -0.1) is 0 Å². The lowest BCUT2D eigenvalue weighted by atomic mass is 10.1. The second kappa shape index (κ2) is 5.63. The maximum Gasteiger partial charge on any atom is 0.346 e. The van der Waals surface area contributed by atoms with E-state index in [1.165, 1.54) is 20.5 Å². The van der Waals surface area contributed by atoms with Crippen molar-refractivity contribution in [2.24, 2.45) is 0 Å². The lowest BCUT2D eigenvalue weighted by molar-refractivity contribution is -0.122. The fourth-order valence-electron chi connectivity index (χ4n) is 2.59. The summed E-state index contributed by atoms with van der Waals surface area (Å²) in [5, 5.41) is 6.79. The molecule has 0 atom stereocenters. The standard InChI is InChI=1S/C16H19N5O3/c1-16(2,3)21-15(24)19(10-17-21)9-14(23)20-8-13(22)18-11-6-4-5-7-12(11)20/h4-7,10H,8-9H2,1-3H3,(H,18,22). The summed E-state index contributed by atoms with van der Waals surface area (Å²) < 4.78 is 2.58. The Bertz CT molecular complexity index is 859. The molecule has 0 spiro atoms. The number of para-hydroxylation sites is 2. The molecule has 1 aromatic heterocycles. The quantitative estimate of drug-likeness (QED) is 0.882. The summed E-state index contributed by atoms with van der Waals surface area (Å²) in [4.78, 5) is 38.2. The van der Waals surface area contributed by atoms with E-state index in [1.54, 1.807) is 24.3 Å². The lowest BCUT2D eigenvalue weighted by Crippen LogP contribution is -2.45. The Labute approximate surface area is 138 Å². The number of hydrogen-bond donors (Lipinski definition) is 1. The summed E-state index contributed by atoms with van der Waals surface area (Å²) in [6.07, 6.45) is 1.35. The predicted octanol–water partition coefficient (Wildman–Crippen LogP) is 0.785. The molecule has 0 saturated heterocycles. The van der Waals surface area contributed by atoms with Crippen LogP contribution in [0.15, 0.2) is 35.4 Å². The van der Waals surface area contributed by atoms with Crippen molar-refractivity contribution < 1.29 is 9.59 Å². The first-order valence-corrected chi connectivity index (χ1v) is 7.61. The van der Waals surface area contributed by atoms with Gasteiger partial charge in [-0.3, -0.25) is 19.1 Å². The van der Waals surface area contributed by atoms with Crippen LogP contribution < -0.4 is 15.9 Å². The van der Waals surface area contributed by atoms with Gasteiger partial charge in [0.1, 0.15) is 19.4 Å². The van der Waals surface area contributed by atoms with E-state index in [2.05, 4.69) is 10.4 Å². The summed E-state index contributed by atoms with van der Waals surface area (Å²) in [5.41, 5.74) is 0.381. The number of fused-ring (bicyclic) bond motifs is 1. The highest BCUT2D eigenvalue weighted by Crippen LogP contribution is 2.28.